The Morgan fingerprint density at radius 2 is 1.74 bits per heavy atom. The molecule has 0 radical (unpaired) electrons. The molecule has 0 saturated heterocycles. The lowest BCUT2D eigenvalue weighted by Crippen LogP contribution is -2.44. The Labute approximate surface area is 189 Å². The summed E-state index contributed by atoms with van der Waals surface area (Å²) in [5.41, 5.74) is -4.79. The summed E-state index contributed by atoms with van der Waals surface area (Å²) in [5, 5.41) is 3.57. The summed E-state index contributed by atoms with van der Waals surface area (Å²) >= 11 is 0. The Morgan fingerprint density at radius 1 is 1.09 bits per heavy atom. The third-order valence-electron chi connectivity index (χ3n) is 4.94. The van der Waals surface area contributed by atoms with Gasteiger partial charge in [0.1, 0.15) is 5.75 Å². The van der Waals surface area contributed by atoms with Crippen LogP contribution in [-0.2, 0) is 15.9 Å². The van der Waals surface area contributed by atoms with E-state index in [2.05, 4.69) is 10.1 Å². The van der Waals surface area contributed by atoms with Gasteiger partial charge in [0, 0.05) is 17.2 Å². The number of nitrogens with zero attached hydrogens (tertiary/aromatic N) is 3. The fourth-order valence-corrected chi connectivity index (χ4v) is 3.90. The average molecular weight is 508 g/mol. The van der Waals surface area contributed by atoms with Crippen molar-refractivity contribution < 1.29 is 35.3 Å². The van der Waals surface area contributed by atoms with E-state index in [0.29, 0.717) is 10.7 Å². The highest BCUT2D eigenvalue weighted by molar-refractivity contribution is 7.92. The predicted molar refractivity (Wildman–Crippen MR) is 111 cm³/mol. The van der Waals surface area contributed by atoms with Crippen LogP contribution in [0.5, 0.6) is 5.75 Å². The smallest absolute Gasteiger partial charge is 0.427 e. The van der Waals surface area contributed by atoms with Crippen LogP contribution in [0.15, 0.2) is 46.3 Å². The van der Waals surface area contributed by atoms with E-state index in [1.807, 2.05) is 0 Å². The molecule has 0 saturated carbocycles. The lowest BCUT2D eigenvalue weighted by atomic mass is 10.1. The molecular weight excluding hydrogens is 490 g/mol. The molecule has 2 heterocycles. The third kappa shape index (κ3) is 4.72. The maximum Gasteiger partial charge on any atom is 0.427 e. The molecule has 0 spiro atoms. The van der Waals surface area contributed by atoms with Crippen LogP contribution in [0.4, 0.5) is 26.3 Å². The summed E-state index contributed by atoms with van der Waals surface area (Å²) in [4.78, 5) is 16.4. The zero-order chi connectivity index (χ0) is 25.7. The second kappa shape index (κ2) is 8.25. The number of alkyl halides is 6. The van der Waals surface area contributed by atoms with E-state index in [9.17, 15) is 35.3 Å². The summed E-state index contributed by atoms with van der Waals surface area (Å²) in [5.74, 6) is -1.24. The van der Waals surface area contributed by atoms with Gasteiger partial charge in [0.2, 0.25) is 0 Å². The first-order valence-electron chi connectivity index (χ1n) is 9.60. The van der Waals surface area contributed by atoms with Gasteiger partial charge in [-0.1, -0.05) is 13.0 Å². The molecule has 1 N–H and O–H groups in total. The van der Waals surface area contributed by atoms with E-state index >= 15 is 0 Å². The predicted octanol–water partition coefficient (Wildman–Crippen LogP) is 4.94. The Balaban J connectivity index is 2.25. The molecule has 0 amide bonds. The molecule has 1 aromatic carbocycles. The summed E-state index contributed by atoms with van der Waals surface area (Å²) in [6, 6.07) is 3.34. The van der Waals surface area contributed by atoms with Crippen molar-refractivity contribution in [2.75, 3.05) is 5.75 Å². The Hall–Kier alpha value is -3.16. The number of hydrogen-bond donors (Lipinski definition) is 1. The monoisotopic (exact) mass is 508 g/mol. The largest absolute Gasteiger partial charge is 0.477 e. The van der Waals surface area contributed by atoms with E-state index in [4.69, 9.17) is 9.52 Å². The molecule has 184 valence electrons. The molecule has 0 aliphatic heterocycles. The van der Waals surface area contributed by atoms with Gasteiger partial charge in [-0.05, 0) is 26.0 Å². The lowest BCUT2D eigenvalue weighted by molar-refractivity contribution is -0.234. The zero-order valence-corrected chi connectivity index (χ0v) is 18.7. The van der Waals surface area contributed by atoms with Crippen LogP contribution < -0.4 is 10.3 Å². The highest BCUT2D eigenvalue weighted by Crippen LogP contribution is 2.35. The number of pyridine rings is 1. The average Bonchev–Trinajstić information content (AvgIpc) is 2.72. The number of rotatable bonds is 5. The van der Waals surface area contributed by atoms with E-state index in [1.165, 1.54) is 6.92 Å². The second-order valence-electron chi connectivity index (χ2n) is 7.73. The number of halogens is 6. The van der Waals surface area contributed by atoms with Crippen LogP contribution in [0, 0.1) is 4.78 Å². The summed E-state index contributed by atoms with van der Waals surface area (Å²) in [6.07, 6.45) is -7.59. The number of nitrogens with one attached hydrogen (secondary N) is 1. The fraction of sp³-hybridized carbons (Fsp3) is 0.350. The van der Waals surface area contributed by atoms with Crippen LogP contribution in [-0.4, -0.2) is 36.5 Å². The van der Waals surface area contributed by atoms with Gasteiger partial charge in [-0.3, -0.25) is 4.79 Å². The summed E-state index contributed by atoms with van der Waals surface area (Å²) < 4.78 is 105. The number of ether oxygens (including phenoxy) is 1. The molecule has 7 nitrogen and oxygen atoms in total. The number of hydrogen-bond acceptors (Lipinski definition) is 6. The quantitative estimate of drug-likeness (QED) is 0.492. The highest BCUT2D eigenvalue weighted by Gasteiger charge is 2.50. The topological polar surface area (TPSA) is 97.9 Å². The van der Waals surface area contributed by atoms with Crippen LogP contribution in [0.3, 0.4) is 0 Å². The Kier molecular flexibility index (Phi) is 6.18. The first-order chi connectivity index (χ1) is 15.5. The molecule has 0 bridgehead atoms. The molecule has 3 rings (SSSR count). The first-order valence-corrected chi connectivity index (χ1v) is 11.3. The Bertz CT molecular complexity index is 1410. The molecule has 1 atom stereocenters. The number of benzene rings is 1. The van der Waals surface area contributed by atoms with Gasteiger partial charge in [-0.2, -0.15) is 36.1 Å². The standard InChI is InChI=1S/C20H18F6N4O3S/c1-4-34(27,32)15-8-13(33-18(2,3)20(24,25)26)10-28-16(15)30-17(31)14-7-12(19(21,22)23)6-5-11(14)9-29-30/h5-10,27H,4H2,1-3H3. The van der Waals surface area contributed by atoms with E-state index in [-0.39, 0.29) is 16.5 Å². The van der Waals surface area contributed by atoms with Crippen LogP contribution >= 0.6 is 0 Å². The first kappa shape index (κ1) is 25.5. The molecule has 0 aliphatic carbocycles. The summed E-state index contributed by atoms with van der Waals surface area (Å²) in [7, 11) is -3.70. The van der Waals surface area contributed by atoms with Crippen LogP contribution in [0.1, 0.15) is 26.3 Å². The van der Waals surface area contributed by atoms with Gasteiger partial charge in [-0.15, -0.1) is 0 Å². The van der Waals surface area contributed by atoms with Crippen molar-refractivity contribution in [2.24, 2.45) is 0 Å². The van der Waals surface area contributed by atoms with Gasteiger partial charge >= 0.3 is 12.4 Å². The number of fused-ring (bicyclic) bond motifs is 1. The van der Waals surface area contributed by atoms with Gasteiger partial charge < -0.3 is 4.74 Å². The minimum Gasteiger partial charge on any atom is -0.477 e. The van der Waals surface area contributed by atoms with Crippen molar-refractivity contribution >= 4 is 20.5 Å². The zero-order valence-electron chi connectivity index (χ0n) is 17.9. The molecule has 14 heteroatoms. The van der Waals surface area contributed by atoms with E-state index in [1.54, 1.807) is 0 Å². The van der Waals surface area contributed by atoms with Crippen molar-refractivity contribution in [1.82, 2.24) is 14.8 Å². The Morgan fingerprint density at radius 3 is 2.29 bits per heavy atom. The van der Waals surface area contributed by atoms with Gasteiger partial charge in [0.15, 0.2) is 11.4 Å². The van der Waals surface area contributed by atoms with Crippen molar-refractivity contribution in [3.05, 3.63) is 52.6 Å². The van der Waals surface area contributed by atoms with E-state index < -0.39 is 55.3 Å². The molecule has 1 unspecified atom stereocenters. The summed E-state index contributed by atoms with van der Waals surface area (Å²) in [6.45, 7) is 2.89. The second-order valence-corrected chi connectivity index (χ2v) is 10.1. The maximum absolute atomic E-state index is 13.2. The minimum atomic E-state index is -4.77. The van der Waals surface area contributed by atoms with Crippen LogP contribution in [0.2, 0.25) is 0 Å². The normalized spacial score (nSPS) is 14.7. The molecule has 0 fully saturated rings. The maximum atomic E-state index is 13.2. The lowest BCUT2D eigenvalue weighted by Gasteiger charge is -2.29. The number of aromatic nitrogens is 3. The SMILES string of the molecule is CCS(=N)(=O)c1cc(OC(C)(C)C(F)(F)F)cnc1-n1ncc2ccc(C(F)(F)F)cc2c1=O. The van der Waals surface area contributed by atoms with Crippen molar-refractivity contribution in [3.8, 4) is 11.6 Å². The highest BCUT2D eigenvalue weighted by atomic mass is 32.2. The van der Waals surface area contributed by atoms with Gasteiger partial charge in [-0.25, -0.2) is 14.0 Å². The minimum absolute atomic E-state index is 0.0878. The fourth-order valence-electron chi connectivity index (χ4n) is 2.85. The molecule has 0 aliphatic rings. The van der Waals surface area contributed by atoms with Crippen molar-refractivity contribution in [1.29, 1.82) is 4.78 Å². The molecule has 34 heavy (non-hydrogen) atoms. The van der Waals surface area contributed by atoms with Gasteiger partial charge in [0.05, 0.1) is 38.0 Å². The van der Waals surface area contributed by atoms with Crippen LogP contribution in [0.25, 0.3) is 16.6 Å². The van der Waals surface area contributed by atoms with E-state index in [0.717, 1.165) is 44.4 Å². The van der Waals surface area contributed by atoms with Crippen molar-refractivity contribution in [2.45, 2.75) is 43.6 Å². The van der Waals surface area contributed by atoms with Gasteiger partial charge in [0.25, 0.3) is 5.56 Å². The molecule has 2 aromatic heterocycles. The molecular formula is C20H18F6N4O3S. The van der Waals surface area contributed by atoms with Crippen molar-refractivity contribution in [3.63, 3.8) is 0 Å². The molecule has 3 aromatic rings. The third-order valence-corrected chi connectivity index (χ3v) is 6.77.